The monoisotopic (exact) mass is 206 g/mol. The van der Waals surface area contributed by atoms with E-state index in [1.807, 2.05) is 21.6 Å². The molecule has 0 N–H and O–H groups in total. The minimum atomic E-state index is 0.403. The van der Waals surface area contributed by atoms with E-state index in [1.54, 1.807) is 0 Å². The van der Waals surface area contributed by atoms with E-state index in [4.69, 9.17) is 4.74 Å². The molecule has 0 amide bonds. The molecule has 0 aromatic heterocycles. The molecule has 0 bridgehead atoms. The minimum absolute atomic E-state index is 0.403. The van der Waals surface area contributed by atoms with Crippen molar-refractivity contribution in [3.63, 3.8) is 0 Å². The summed E-state index contributed by atoms with van der Waals surface area (Å²) in [4.78, 5) is 0. The van der Waals surface area contributed by atoms with Crippen LogP contribution in [-0.4, -0.2) is 23.7 Å². The van der Waals surface area contributed by atoms with Gasteiger partial charge in [-0.2, -0.15) is 0 Å². The van der Waals surface area contributed by atoms with Gasteiger partial charge in [-0.15, -0.1) is 0 Å². The Morgan fingerprint density at radius 3 is 2.67 bits per heavy atom. The predicted octanol–water partition coefficient (Wildman–Crippen LogP) is 3.20. The molecule has 0 spiro atoms. The normalized spacial score (nSPS) is 35.8. The van der Waals surface area contributed by atoms with Gasteiger partial charge in [0.25, 0.3) is 0 Å². The van der Waals surface area contributed by atoms with Gasteiger partial charge in [-0.25, -0.2) is 0 Å². The molecule has 1 rings (SSSR count). The average Bonchev–Trinajstić information content (AvgIpc) is 2.45. The highest BCUT2D eigenvalue weighted by Crippen LogP contribution is 2.46. The van der Waals surface area contributed by atoms with E-state index in [2.05, 4.69) is 20.8 Å². The van der Waals surface area contributed by atoms with Crippen LogP contribution in [0.25, 0.3) is 0 Å². The topological polar surface area (TPSA) is 9.23 Å². The van der Waals surface area contributed by atoms with Crippen LogP contribution in [0.15, 0.2) is 0 Å². The van der Waals surface area contributed by atoms with Crippen LogP contribution >= 0.6 is 21.6 Å². The fourth-order valence-corrected chi connectivity index (χ4v) is 4.38. The van der Waals surface area contributed by atoms with Crippen LogP contribution in [0.3, 0.4) is 0 Å². The van der Waals surface area contributed by atoms with Gasteiger partial charge in [-0.3, -0.25) is 0 Å². The van der Waals surface area contributed by atoms with Crippen LogP contribution in [0.4, 0.5) is 0 Å². The first-order valence-electron chi connectivity index (χ1n) is 4.63. The summed E-state index contributed by atoms with van der Waals surface area (Å²) in [6.07, 6.45) is 1.23. The Bertz CT molecular complexity index is 140. The Labute approximate surface area is 83.4 Å². The molecule has 0 aliphatic carbocycles. The summed E-state index contributed by atoms with van der Waals surface area (Å²) in [5.41, 5.74) is 0. The highest BCUT2D eigenvalue weighted by molar-refractivity contribution is 8.77. The number of rotatable bonds is 4. The molecule has 12 heavy (non-hydrogen) atoms. The molecular weight excluding hydrogens is 188 g/mol. The third kappa shape index (κ3) is 2.12. The molecule has 0 saturated carbocycles. The standard InChI is InChI=1S/C9H18OS2/c1-4-9(12-11-5-2)7-10-6-8(9)3/h8H,4-7H2,1-3H3. The molecule has 1 heterocycles. The number of ether oxygens (including phenoxy) is 1. The molecule has 1 fully saturated rings. The fourth-order valence-electron chi connectivity index (χ4n) is 1.49. The quantitative estimate of drug-likeness (QED) is 0.654. The summed E-state index contributed by atoms with van der Waals surface area (Å²) in [6, 6.07) is 0. The summed E-state index contributed by atoms with van der Waals surface area (Å²) in [5, 5.41) is 0. The van der Waals surface area contributed by atoms with E-state index in [1.165, 1.54) is 12.2 Å². The van der Waals surface area contributed by atoms with Crippen LogP contribution < -0.4 is 0 Å². The zero-order chi connectivity index (χ0) is 9.03. The second-order valence-electron chi connectivity index (χ2n) is 3.32. The first-order valence-corrected chi connectivity index (χ1v) is 6.95. The Balaban J connectivity index is 2.49. The smallest absolute Gasteiger partial charge is 0.0625 e. The van der Waals surface area contributed by atoms with Crippen molar-refractivity contribution in [2.45, 2.75) is 31.9 Å². The van der Waals surface area contributed by atoms with E-state index >= 15 is 0 Å². The third-order valence-electron chi connectivity index (χ3n) is 2.55. The Hall–Kier alpha value is 0.660. The summed E-state index contributed by atoms with van der Waals surface area (Å²) in [5.74, 6) is 1.91. The maximum atomic E-state index is 5.53. The van der Waals surface area contributed by atoms with Crippen LogP contribution in [0, 0.1) is 5.92 Å². The second-order valence-corrected chi connectivity index (χ2v) is 6.32. The maximum absolute atomic E-state index is 5.53. The largest absolute Gasteiger partial charge is 0.380 e. The van der Waals surface area contributed by atoms with Gasteiger partial charge < -0.3 is 4.74 Å². The van der Waals surface area contributed by atoms with E-state index in [0.29, 0.717) is 10.7 Å². The average molecular weight is 206 g/mol. The van der Waals surface area contributed by atoms with Gasteiger partial charge in [0.15, 0.2) is 0 Å². The van der Waals surface area contributed by atoms with E-state index in [0.717, 1.165) is 13.2 Å². The van der Waals surface area contributed by atoms with Gasteiger partial charge in [0, 0.05) is 5.75 Å². The molecule has 2 atom stereocenters. The lowest BCUT2D eigenvalue weighted by Gasteiger charge is -2.28. The van der Waals surface area contributed by atoms with Crippen molar-refractivity contribution in [3.8, 4) is 0 Å². The van der Waals surface area contributed by atoms with Crippen molar-refractivity contribution in [2.24, 2.45) is 5.92 Å². The van der Waals surface area contributed by atoms with Crippen LogP contribution in [-0.2, 0) is 4.74 Å². The van der Waals surface area contributed by atoms with Crippen molar-refractivity contribution in [1.29, 1.82) is 0 Å². The molecule has 1 aliphatic heterocycles. The summed E-state index contributed by atoms with van der Waals surface area (Å²) in [7, 11) is 4.00. The molecule has 72 valence electrons. The zero-order valence-electron chi connectivity index (χ0n) is 8.13. The minimum Gasteiger partial charge on any atom is -0.380 e. The Morgan fingerprint density at radius 2 is 2.25 bits per heavy atom. The summed E-state index contributed by atoms with van der Waals surface area (Å²) in [6.45, 7) is 8.68. The Kier molecular flexibility index (Phi) is 4.27. The van der Waals surface area contributed by atoms with E-state index in [9.17, 15) is 0 Å². The highest BCUT2D eigenvalue weighted by atomic mass is 33.1. The highest BCUT2D eigenvalue weighted by Gasteiger charge is 2.40. The number of hydrogen-bond donors (Lipinski definition) is 0. The third-order valence-corrected chi connectivity index (χ3v) is 6.10. The van der Waals surface area contributed by atoms with Gasteiger partial charge in [0.1, 0.15) is 0 Å². The van der Waals surface area contributed by atoms with E-state index in [-0.39, 0.29) is 0 Å². The molecule has 2 unspecified atom stereocenters. The van der Waals surface area contributed by atoms with Crippen molar-refractivity contribution < 1.29 is 4.74 Å². The fraction of sp³-hybridized carbons (Fsp3) is 1.00. The lowest BCUT2D eigenvalue weighted by molar-refractivity contribution is 0.184. The predicted molar refractivity (Wildman–Crippen MR) is 58.7 cm³/mol. The van der Waals surface area contributed by atoms with Gasteiger partial charge >= 0.3 is 0 Å². The lowest BCUT2D eigenvalue weighted by Crippen LogP contribution is -2.30. The first kappa shape index (κ1) is 10.7. The molecule has 1 aliphatic rings. The Morgan fingerprint density at radius 1 is 1.50 bits per heavy atom. The molecule has 1 nitrogen and oxygen atoms in total. The molecule has 1 saturated heterocycles. The maximum Gasteiger partial charge on any atom is 0.0625 e. The zero-order valence-corrected chi connectivity index (χ0v) is 9.76. The van der Waals surface area contributed by atoms with Crippen LogP contribution in [0.1, 0.15) is 27.2 Å². The summed E-state index contributed by atoms with van der Waals surface area (Å²) >= 11 is 0. The molecule has 0 aromatic rings. The molecular formula is C9H18OS2. The SMILES string of the molecule is CCSSC1(CC)COCC1C. The van der Waals surface area contributed by atoms with Gasteiger partial charge in [0.05, 0.1) is 18.0 Å². The molecule has 0 radical (unpaired) electrons. The van der Waals surface area contributed by atoms with Gasteiger partial charge in [-0.05, 0) is 12.3 Å². The first-order chi connectivity index (χ1) is 5.75. The lowest BCUT2D eigenvalue weighted by atomic mass is 9.94. The van der Waals surface area contributed by atoms with Crippen molar-refractivity contribution in [3.05, 3.63) is 0 Å². The van der Waals surface area contributed by atoms with Crippen LogP contribution in [0.5, 0.6) is 0 Å². The van der Waals surface area contributed by atoms with Gasteiger partial charge in [0.2, 0.25) is 0 Å². The van der Waals surface area contributed by atoms with Gasteiger partial charge in [-0.1, -0.05) is 42.4 Å². The second kappa shape index (κ2) is 4.77. The van der Waals surface area contributed by atoms with Crippen LogP contribution in [0.2, 0.25) is 0 Å². The van der Waals surface area contributed by atoms with Crippen molar-refractivity contribution in [2.75, 3.05) is 19.0 Å². The summed E-state index contributed by atoms with van der Waals surface area (Å²) < 4.78 is 5.93. The van der Waals surface area contributed by atoms with Crippen molar-refractivity contribution in [1.82, 2.24) is 0 Å². The molecule has 0 aromatic carbocycles. The van der Waals surface area contributed by atoms with E-state index < -0.39 is 0 Å². The molecule has 3 heteroatoms. The van der Waals surface area contributed by atoms with Crippen molar-refractivity contribution >= 4 is 21.6 Å². The number of hydrogen-bond acceptors (Lipinski definition) is 3.